The molecule has 0 aliphatic carbocycles. The number of ether oxygens (including phenoxy) is 2. The van der Waals surface area contributed by atoms with E-state index in [1.54, 1.807) is 18.9 Å². The van der Waals surface area contributed by atoms with Crippen LogP contribution in [-0.4, -0.2) is 20.3 Å². The second-order valence-electron chi connectivity index (χ2n) is 5.73. The van der Waals surface area contributed by atoms with Gasteiger partial charge in [0.1, 0.15) is 18.1 Å². The van der Waals surface area contributed by atoms with E-state index in [1.165, 1.54) is 15.4 Å². The Bertz CT molecular complexity index is 808. The van der Waals surface area contributed by atoms with Crippen molar-refractivity contribution in [2.24, 2.45) is 0 Å². The van der Waals surface area contributed by atoms with Gasteiger partial charge in [-0.2, -0.15) is 0 Å². The van der Waals surface area contributed by atoms with Gasteiger partial charge < -0.3 is 14.8 Å². The van der Waals surface area contributed by atoms with Crippen molar-refractivity contribution in [1.29, 1.82) is 0 Å². The second-order valence-corrected chi connectivity index (χ2v) is 6.84. The van der Waals surface area contributed by atoms with E-state index < -0.39 is 0 Å². The van der Waals surface area contributed by atoms with Crippen LogP contribution in [0.5, 0.6) is 11.5 Å². The van der Waals surface area contributed by atoms with Crippen LogP contribution < -0.4 is 14.8 Å². The number of benzene rings is 3. The van der Waals surface area contributed by atoms with Crippen molar-refractivity contribution in [2.45, 2.75) is 16.3 Å². The fourth-order valence-corrected chi connectivity index (χ4v) is 3.52. The van der Waals surface area contributed by atoms with Crippen LogP contribution in [0.2, 0.25) is 0 Å². The lowest BCUT2D eigenvalue weighted by Gasteiger charge is -2.11. The zero-order chi connectivity index (χ0) is 18.0. The molecule has 3 aromatic carbocycles. The summed E-state index contributed by atoms with van der Waals surface area (Å²) < 4.78 is 11.0. The van der Waals surface area contributed by atoms with Gasteiger partial charge in [0.2, 0.25) is 0 Å². The Morgan fingerprint density at radius 2 is 1.62 bits per heavy atom. The molecule has 0 aromatic heterocycles. The van der Waals surface area contributed by atoms with Crippen LogP contribution >= 0.6 is 11.8 Å². The Kier molecular flexibility index (Phi) is 6.99. The Balaban J connectivity index is 1.52. The van der Waals surface area contributed by atoms with E-state index in [1.807, 2.05) is 42.5 Å². The zero-order valence-corrected chi connectivity index (χ0v) is 15.7. The van der Waals surface area contributed by atoms with Crippen molar-refractivity contribution in [1.82, 2.24) is 5.32 Å². The molecule has 0 radical (unpaired) electrons. The van der Waals surface area contributed by atoms with E-state index in [9.17, 15) is 0 Å². The molecule has 0 saturated heterocycles. The molecule has 134 valence electrons. The maximum absolute atomic E-state index is 5.71. The molecule has 0 aliphatic heterocycles. The molecule has 3 nitrogen and oxygen atoms in total. The zero-order valence-electron chi connectivity index (χ0n) is 14.9. The normalized spacial score (nSPS) is 10.5. The van der Waals surface area contributed by atoms with Gasteiger partial charge in [-0.1, -0.05) is 54.2 Å². The Morgan fingerprint density at radius 1 is 0.846 bits per heavy atom. The van der Waals surface area contributed by atoms with E-state index in [2.05, 4.69) is 41.7 Å². The summed E-state index contributed by atoms with van der Waals surface area (Å²) in [6, 6.07) is 26.5. The average Bonchev–Trinajstić information content (AvgIpc) is 2.70. The highest BCUT2D eigenvalue weighted by Crippen LogP contribution is 2.32. The van der Waals surface area contributed by atoms with Gasteiger partial charge in [0, 0.05) is 22.9 Å². The second kappa shape index (κ2) is 9.90. The summed E-state index contributed by atoms with van der Waals surface area (Å²) >= 11 is 1.75. The highest BCUT2D eigenvalue weighted by Gasteiger charge is 2.05. The van der Waals surface area contributed by atoms with Crippen LogP contribution in [0.3, 0.4) is 0 Å². The predicted molar refractivity (Wildman–Crippen MR) is 107 cm³/mol. The highest BCUT2D eigenvalue weighted by molar-refractivity contribution is 7.99. The Labute approximate surface area is 159 Å². The fraction of sp³-hybridized carbons (Fsp3) is 0.182. The van der Waals surface area contributed by atoms with Gasteiger partial charge in [-0.15, -0.1) is 0 Å². The number of nitrogens with one attached hydrogen (secondary N) is 1. The standard InChI is InChI=1S/C22H23NO2S/c1-24-20-11-7-12-21(16-20)26-22-13-6-5-8-18(22)17-23-14-15-25-19-9-3-2-4-10-19/h2-13,16,23H,14-15,17H2,1H3. The predicted octanol–water partition coefficient (Wildman–Crippen LogP) is 5.02. The quantitative estimate of drug-likeness (QED) is 0.540. The molecule has 0 bridgehead atoms. The van der Waals surface area contributed by atoms with Crippen molar-refractivity contribution in [3.63, 3.8) is 0 Å². The van der Waals surface area contributed by atoms with Crippen molar-refractivity contribution in [2.75, 3.05) is 20.3 Å². The summed E-state index contributed by atoms with van der Waals surface area (Å²) in [5, 5.41) is 3.46. The lowest BCUT2D eigenvalue weighted by atomic mass is 10.2. The Morgan fingerprint density at radius 3 is 2.46 bits per heavy atom. The van der Waals surface area contributed by atoms with Crippen LogP contribution in [0.1, 0.15) is 5.56 Å². The van der Waals surface area contributed by atoms with Crippen LogP contribution in [0, 0.1) is 0 Å². The maximum Gasteiger partial charge on any atom is 0.119 e. The van der Waals surface area contributed by atoms with Crippen molar-refractivity contribution >= 4 is 11.8 Å². The first-order valence-corrected chi connectivity index (χ1v) is 9.45. The first-order chi connectivity index (χ1) is 12.8. The summed E-state index contributed by atoms with van der Waals surface area (Å²) in [6.45, 7) is 2.26. The maximum atomic E-state index is 5.71. The number of methoxy groups -OCH3 is 1. The van der Waals surface area contributed by atoms with Crippen molar-refractivity contribution in [3.8, 4) is 11.5 Å². The summed E-state index contributed by atoms with van der Waals surface area (Å²) in [5.41, 5.74) is 1.28. The third-order valence-electron chi connectivity index (χ3n) is 3.85. The van der Waals surface area contributed by atoms with Gasteiger partial charge in [0.05, 0.1) is 7.11 Å². The topological polar surface area (TPSA) is 30.5 Å². The Hall–Kier alpha value is -2.43. The molecular weight excluding hydrogens is 342 g/mol. The summed E-state index contributed by atoms with van der Waals surface area (Å²) in [6.07, 6.45) is 0. The van der Waals surface area contributed by atoms with Gasteiger partial charge in [-0.25, -0.2) is 0 Å². The molecule has 0 amide bonds. The van der Waals surface area contributed by atoms with Gasteiger partial charge >= 0.3 is 0 Å². The first kappa shape index (κ1) is 18.4. The number of rotatable bonds is 9. The molecule has 0 unspecified atom stereocenters. The fourth-order valence-electron chi connectivity index (χ4n) is 2.52. The van der Waals surface area contributed by atoms with Gasteiger partial charge in [-0.05, 0) is 42.0 Å². The minimum Gasteiger partial charge on any atom is -0.497 e. The summed E-state index contributed by atoms with van der Waals surface area (Å²) in [7, 11) is 1.69. The smallest absolute Gasteiger partial charge is 0.119 e. The monoisotopic (exact) mass is 365 g/mol. The lowest BCUT2D eigenvalue weighted by molar-refractivity contribution is 0.313. The molecule has 0 fully saturated rings. The van der Waals surface area contributed by atoms with Crippen LogP contribution in [0.15, 0.2) is 88.7 Å². The third kappa shape index (κ3) is 5.55. The van der Waals surface area contributed by atoms with Crippen molar-refractivity contribution < 1.29 is 9.47 Å². The van der Waals surface area contributed by atoms with Gasteiger partial charge in [-0.3, -0.25) is 0 Å². The van der Waals surface area contributed by atoms with Crippen LogP contribution in [0.25, 0.3) is 0 Å². The lowest BCUT2D eigenvalue weighted by Crippen LogP contribution is -2.20. The molecule has 0 heterocycles. The molecule has 3 aromatic rings. The van der Waals surface area contributed by atoms with Gasteiger partial charge in [0.15, 0.2) is 0 Å². The minimum atomic E-state index is 0.648. The molecular formula is C22H23NO2S. The van der Waals surface area contributed by atoms with Crippen LogP contribution in [0.4, 0.5) is 0 Å². The number of hydrogen-bond donors (Lipinski definition) is 1. The van der Waals surface area contributed by atoms with E-state index in [0.717, 1.165) is 24.6 Å². The minimum absolute atomic E-state index is 0.648. The average molecular weight is 365 g/mol. The molecule has 4 heteroatoms. The molecule has 3 rings (SSSR count). The molecule has 0 aliphatic rings. The molecule has 0 saturated carbocycles. The summed E-state index contributed by atoms with van der Waals surface area (Å²) in [5.74, 6) is 1.78. The van der Waals surface area contributed by atoms with Crippen LogP contribution in [-0.2, 0) is 6.54 Å². The SMILES string of the molecule is COc1cccc(Sc2ccccc2CNCCOc2ccccc2)c1. The summed E-state index contributed by atoms with van der Waals surface area (Å²) in [4.78, 5) is 2.42. The van der Waals surface area contributed by atoms with E-state index in [4.69, 9.17) is 9.47 Å². The van der Waals surface area contributed by atoms with Crippen molar-refractivity contribution in [3.05, 3.63) is 84.4 Å². The van der Waals surface area contributed by atoms with E-state index >= 15 is 0 Å². The first-order valence-electron chi connectivity index (χ1n) is 8.63. The van der Waals surface area contributed by atoms with Gasteiger partial charge in [0.25, 0.3) is 0 Å². The van der Waals surface area contributed by atoms with E-state index in [-0.39, 0.29) is 0 Å². The highest BCUT2D eigenvalue weighted by atomic mass is 32.2. The largest absolute Gasteiger partial charge is 0.497 e. The number of hydrogen-bond acceptors (Lipinski definition) is 4. The molecule has 1 N–H and O–H groups in total. The molecule has 0 atom stereocenters. The number of para-hydroxylation sites is 1. The third-order valence-corrected chi connectivity index (χ3v) is 4.96. The molecule has 0 spiro atoms. The molecule has 26 heavy (non-hydrogen) atoms. The van der Waals surface area contributed by atoms with E-state index in [0.29, 0.717) is 6.61 Å².